The Labute approximate surface area is 262 Å². The van der Waals surface area contributed by atoms with Gasteiger partial charge in [-0.05, 0) is 55.4 Å². The molecule has 12 nitrogen and oxygen atoms in total. The van der Waals surface area contributed by atoms with Crippen molar-refractivity contribution in [1.82, 2.24) is 19.1 Å². The minimum Gasteiger partial charge on any atom is -0.497 e. The van der Waals surface area contributed by atoms with Crippen LogP contribution in [0.5, 0.6) is 5.75 Å². The van der Waals surface area contributed by atoms with Crippen molar-refractivity contribution < 1.29 is 27.2 Å². The third kappa shape index (κ3) is 5.94. The average Bonchev–Trinajstić information content (AvgIpc) is 3.31. The Bertz CT molecular complexity index is 1840. The van der Waals surface area contributed by atoms with Crippen molar-refractivity contribution in [2.45, 2.75) is 63.1 Å². The van der Waals surface area contributed by atoms with Crippen molar-refractivity contribution in [2.24, 2.45) is 0 Å². The molecule has 44 heavy (non-hydrogen) atoms. The number of pyridine rings is 1. The number of morpholine rings is 1. The van der Waals surface area contributed by atoms with E-state index in [0.717, 1.165) is 0 Å². The lowest BCUT2D eigenvalue weighted by atomic mass is 10.1. The Morgan fingerprint density at radius 3 is 2.45 bits per heavy atom. The number of fused-ring (bicyclic) bond motifs is 2. The minimum absolute atomic E-state index is 0.0273. The molecule has 0 N–H and O–H groups in total. The highest BCUT2D eigenvalue weighted by Gasteiger charge is 2.41. The van der Waals surface area contributed by atoms with E-state index in [1.165, 1.54) is 28.6 Å². The molecule has 1 saturated heterocycles. The first-order valence-electron chi connectivity index (χ1n) is 14.1. The number of sulfonamides is 1. The van der Waals surface area contributed by atoms with Crippen LogP contribution in [-0.4, -0.2) is 73.6 Å². The SMILES string of the molecule is COc1ccc2nc3c(c(C)nn3[C@H]3CN(S(=O)(=O)c4ccc([N+](=O)[O-])cc4)C[C@@H](CO[Si](C)(C)C(C)(C)C)O3)c(Cl)c2c1. The zero-order valence-corrected chi connectivity index (χ0v) is 28.3. The molecule has 1 aliphatic rings. The van der Waals surface area contributed by atoms with Crippen LogP contribution >= 0.6 is 11.6 Å². The predicted molar refractivity (Wildman–Crippen MR) is 170 cm³/mol. The highest BCUT2D eigenvalue weighted by molar-refractivity contribution is 7.89. The van der Waals surface area contributed by atoms with Crippen molar-refractivity contribution in [1.29, 1.82) is 0 Å². The van der Waals surface area contributed by atoms with Gasteiger partial charge in [0.05, 0.1) is 57.8 Å². The van der Waals surface area contributed by atoms with Crippen molar-refractivity contribution in [3.63, 3.8) is 0 Å². The topological polar surface area (TPSA) is 139 Å². The number of non-ortho nitro benzene ring substituents is 1. The molecule has 0 amide bonds. The third-order valence-electron chi connectivity index (χ3n) is 8.46. The maximum Gasteiger partial charge on any atom is 0.269 e. The maximum absolute atomic E-state index is 13.9. The fraction of sp³-hybridized carbons (Fsp3) is 0.448. The van der Waals surface area contributed by atoms with E-state index < -0.39 is 35.6 Å². The Balaban J connectivity index is 1.57. The molecule has 5 rings (SSSR count). The molecule has 15 heteroatoms. The average molecular weight is 662 g/mol. The van der Waals surface area contributed by atoms with E-state index in [1.807, 2.05) is 13.0 Å². The second kappa shape index (κ2) is 11.7. The lowest BCUT2D eigenvalue weighted by Crippen LogP contribution is -2.51. The number of aromatic nitrogens is 3. The van der Waals surface area contributed by atoms with Gasteiger partial charge in [-0.1, -0.05) is 32.4 Å². The van der Waals surface area contributed by atoms with Gasteiger partial charge >= 0.3 is 0 Å². The van der Waals surface area contributed by atoms with Gasteiger partial charge in [-0.15, -0.1) is 0 Å². The number of halogens is 1. The molecule has 0 bridgehead atoms. The molecule has 0 unspecified atom stereocenters. The molecule has 2 aromatic carbocycles. The third-order valence-corrected chi connectivity index (χ3v) is 15.2. The van der Waals surface area contributed by atoms with E-state index in [2.05, 4.69) is 33.9 Å². The summed E-state index contributed by atoms with van der Waals surface area (Å²) < 4.78 is 49.0. The number of nitro benzene ring substituents is 1. The first-order valence-corrected chi connectivity index (χ1v) is 18.8. The molecule has 3 heterocycles. The molecule has 1 aliphatic heterocycles. The first-order chi connectivity index (χ1) is 20.5. The number of aryl methyl sites for hydroxylation is 1. The first kappa shape index (κ1) is 32.3. The van der Waals surface area contributed by atoms with E-state index >= 15 is 0 Å². The van der Waals surface area contributed by atoms with E-state index in [-0.39, 0.29) is 35.3 Å². The summed E-state index contributed by atoms with van der Waals surface area (Å²) in [7, 11) is -4.70. The number of methoxy groups -OCH3 is 1. The van der Waals surface area contributed by atoms with Crippen LogP contribution in [0.15, 0.2) is 47.4 Å². The van der Waals surface area contributed by atoms with Gasteiger partial charge in [0, 0.05) is 24.1 Å². The maximum atomic E-state index is 13.9. The van der Waals surface area contributed by atoms with Crippen molar-refractivity contribution in [3.8, 4) is 5.75 Å². The predicted octanol–water partition coefficient (Wildman–Crippen LogP) is 6.07. The zero-order valence-electron chi connectivity index (χ0n) is 25.7. The molecular weight excluding hydrogens is 626 g/mol. The smallest absolute Gasteiger partial charge is 0.269 e. The van der Waals surface area contributed by atoms with E-state index in [4.69, 9.17) is 35.6 Å². The van der Waals surface area contributed by atoms with Crippen LogP contribution in [0.4, 0.5) is 5.69 Å². The Kier molecular flexibility index (Phi) is 8.54. The van der Waals surface area contributed by atoms with Crippen LogP contribution in [0.2, 0.25) is 23.2 Å². The molecule has 0 spiro atoms. The fourth-order valence-electron chi connectivity index (χ4n) is 4.88. The van der Waals surface area contributed by atoms with Crippen molar-refractivity contribution in [2.75, 3.05) is 26.8 Å². The second-order valence-corrected chi connectivity index (χ2v) is 19.5. The molecule has 2 aromatic heterocycles. The van der Waals surface area contributed by atoms with Gasteiger partial charge in [-0.3, -0.25) is 10.1 Å². The number of hydrogen-bond donors (Lipinski definition) is 0. The van der Waals surface area contributed by atoms with Crippen LogP contribution in [0.3, 0.4) is 0 Å². The van der Waals surface area contributed by atoms with Crippen LogP contribution < -0.4 is 4.74 Å². The Morgan fingerprint density at radius 1 is 1.16 bits per heavy atom. The van der Waals surface area contributed by atoms with Gasteiger partial charge in [0.2, 0.25) is 10.0 Å². The van der Waals surface area contributed by atoms with Crippen molar-refractivity contribution >= 4 is 57.6 Å². The van der Waals surface area contributed by atoms with Gasteiger partial charge in [-0.2, -0.15) is 9.40 Å². The number of benzene rings is 2. The van der Waals surface area contributed by atoms with Gasteiger partial charge in [0.15, 0.2) is 20.2 Å². The second-order valence-electron chi connectivity index (χ2n) is 12.4. The van der Waals surface area contributed by atoms with E-state index in [0.29, 0.717) is 38.4 Å². The number of ether oxygens (including phenoxy) is 2. The lowest BCUT2D eigenvalue weighted by Gasteiger charge is -2.40. The molecule has 1 fully saturated rings. The summed E-state index contributed by atoms with van der Waals surface area (Å²) in [5.74, 6) is 0.637. The van der Waals surface area contributed by atoms with Crippen molar-refractivity contribution in [3.05, 3.63) is 63.3 Å². The molecule has 0 saturated carbocycles. The molecular formula is C29H36ClN5O7SSi. The summed E-state index contributed by atoms with van der Waals surface area (Å²) in [6, 6.07) is 10.2. The van der Waals surface area contributed by atoms with Crippen LogP contribution in [0.25, 0.3) is 21.9 Å². The summed E-state index contributed by atoms with van der Waals surface area (Å²) in [5, 5.41) is 17.6. The Hall–Kier alpha value is -3.14. The van der Waals surface area contributed by atoms with Gasteiger partial charge in [0.1, 0.15) is 5.75 Å². The summed E-state index contributed by atoms with van der Waals surface area (Å²) in [4.78, 5) is 15.4. The summed E-state index contributed by atoms with van der Waals surface area (Å²) in [6.45, 7) is 12.6. The van der Waals surface area contributed by atoms with Gasteiger partial charge in [-0.25, -0.2) is 18.1 Å². The van der Waals surface area contributed by atoms with Gasteiger partial charge < -0.3 is 13.9 Å². The monoisotopic (exact) mass is 661 g/mol. The number of rotatable bonds is 8. The van der Waals surface area contributed by atoms with Crippen LogP contribution in [0, 0.1) is 17.0 Å². The standard InChI is InChI=1S/C29H36ClN5O7SSi/c1-18-26-27(30)23-14-20(40-5)10-13-24(23)31-28(26)34(32-18)25-16-33(15-21(42-25)17-41-44(6,7)29(2,3)4)43(38,39)22-11-8-19(9-12-22)35(36)37/h8-14,21,25H,15-17H2,1-7H3/t21-,25+/m0/s1. The number of nitro groups is 1. The number of hydrogen-bond acceptors (Lipinski definition) is 9. The number of nitrogens with zero attached hydrogens (tertiary/aromatic N) is 5. The van der Waals surface area contributed by atoms with Gasteiger partial charge in [0.25, 0.3) is 5.69 Å². The molecule has 2 atom stereocenters. The quantitative estimate of drug-likeness (QED) is 0.125. The summed E-state index contributed by atoms with van der Waals surface area (Å²) >= 11 is 6.89. The summed E-state index contributed by atoms with van der Waals surface area (Å²) in [6.07, 6.45) is -1.49. The minimum atomic E-state index is -4.07. The molecule has 0 radical (unpaired) electrons. The molecule has 0 aliphatic carbocycles. The van der Waals surface area contributed by atoms with Crippen LogP contribution in [-0.2, 0) is 19.2 Å². The normalized spacial score (nSPS) is 18.6. The lowest BCUT2D eigenvalue weighted by molar-refractivity contribution is -0.384. The van der Waals surface area contributed by atoms with E-state index in [9.17, 15) is 18.5 Å². The van der Waals surface area contributed by atoms with E-state index in [1.54, 1.807) is 23.9 Å². The zero-order chi connectivity index (χ0) is 32.2. The van der Waals surface area contributed by atoms with Crippen LogP contribution in [0.1, 0.15) is 32.7 Å². The molecule has 4 aromatic rings. The highest BCUT2D eigenvalue weighted by Crippen LogP contribution is 2.39. The molecule has 236 valence electrons. The largest absolute Gasteiger partial charge is 0.497 e. The highest BCUT2D eigenvalue weighted by atomic mass is 35.5. The summed E-state index contributed by atoms with van der Waals surface area (Å²) in [5.41, 5.74) is 1.48. The Morgan fingerprint density at radius 2 is 1.84 bits per heavy atom. The fourth-order valence-corrected chi connectivity index (χ4v) is 7.75.